The van der Waals surface area contributed by atoms with Crippen molar-refractivity contribution in [2.75, 3.05) is 38.6 Å². The second kappa shape index (κ2) is 9.35. The summed E-state index contributed by atoms with van der Waals surface area (Å²) in [6, 6.07) is 2.63. The molecule has 172 valence electrons. The van der Waals surface area contributed by atoms with Gasteiger partial charge < -0.3 is 14.5 Å². The Labute approximate surface area is 184 Å². The van der Waals surface area contributed by atoms with Gasteiger partial charge in [-0.15, -0.1) is 0 Å². The summed E-state index contributed by atoms with van der Waals surface area (Å²) in [5.41, 5.74) is -0.494. The molecule has 3 rings (SSSR count). The van der Waals surface area contributed by atoms with Gasteiger partial charge in [-0.3, -0.25) is 9.59 Å². The molecule has 0 spiro atoms. The van der Waals surface area contributed by atoms with Crippen LogP contribution in [0.3, 0.4) is 0 Å². The van der Waals surface area contributed by atoms with Crippen molar-refractivity contribution in [2.45, 2.75) is 31.4 Å². The molecule has 1 aromatic rings. The Balaban J connectivity index is 1.62. The van der Waals surface area contributed by atoms with Crippen molar-refractivity contribution < 1.29 is 31.5 Å². The quantitative estimate of drug-likeness (QED) is 0.634. The van der Waals surface area contributed by atoms with Crippen molar-refractivity contribution >= 4 is 33.4 Å². The number of sulfonamides is 1. The third-order valence-electron chi connectivity index (χ3n) is 5.35. The smallest absolute Gasteiger partial charge is 0.288 e. The lowest BCUT2D eigenvalue weighted by Crippen LogP contribution is -2.52. The van der Waals surface area contributed by atoms with Gasteiger partial charge >= 0.3 is 0 Å². The summed E-state index contributed by atoms with van der Waals surface area (Å²) in [4.78, 5) is 28.2. The average molecular weight is 480 g/mol. The number of hydrogen-bond acceptors (Lipinski definition) is 5. The maximum absolute atomic E-state index is 14.5. The highest BCUT2D eigenvalue weighted by Gasteiger charge is 2.43. The van der Waals surface area contributed by atoms with Crippen molar-refractivity contribution in [3.05, 3.63) is 34.9 Å². The lowest BCUT2D eigenvalue weighted by atomic mass is 10.1. The first-order valence-corrected chi connectivity index (χ1v) is 11.8. The van der Waals surface area contributed by atoms with Gasteiger partial charge in [-0.25, -0.2) is 21.9 Å². The van der Waals surface area contributed by atoms with Crippen molar-refractivity contribution in [1.82, 2.24) is 14.5 Å². The van der Waals surface area contributed by atoms with E-state index in [4.69, 9.17) is 16.3 Å². The predicted molar refractivity (Wildman–Crippen MR) is 109 cm³/mol. The minimum atomic E-state index is -4.50. The molecule has 1 aromatic carbocycles. The van der Waals surface area contributed by atoms with Gasteiger partial charge in [0.25, 0.3) is 5.92 Å². The molecule has 12 heteroatoms. The lowest BCUT2D eigenvalue weighted by Gasteiger charge is -2.32. The summed E-state index contributed by atoms with van der Waals surface area (Å²) < 4.78 is 60.9. The van der Waals surface area contributed by atoms with E-state index in [9.17, 15) is 26.8 Å². The van der Waals surface area contributed by atoms with E-state index >= 15 is 0 Å². The molecule has 1 N–H and O–H groups in total. The van der Waals surface area contributed by atoms with E-state index in [1.165, 1.54) is 17.0 Å². The highest BCUT2D eigenvalue weighted by molar-refractivity contribution is 7.89. The number of carbonyl (C=O) groups is 2. The van der Waals surface area contributed by atoms with E-state index in [2.05, 4.69) is 4.72 Å². The first-order chi connectivity index (χ1) is 14.5. The summed E-state index contributed by atoms with van der Waals surface area (Å²) in [5.74, 6) is -6.03. The fraction of sp³-hybridized carbons (Fsp3) is 0.579. The van der Waals surface area contributed by atoms with E-state index in [0.29, 0.717) is 26.3 Å². The van der Waals surface area contributed by atoms with Crippen molar-refractivity contribution in [1.29, 1.82) is 0 Å². The molecule has 0 aromatic heterocycles. The van der Waals surface area contributed by atoms with Gasteiger partial charge in [0.15, 0.2) is 0 Å². The Morgan fingerprint density at radius 2 is 1.87 bits per heavy atom. The van der Waals surface area contributed by atoms with Crippen molar-refractivity contribution in [2.24, 2.45) is 0 Å². The summed E-state index contributed by atoms with van der Waals surface area (Å²) in [6.45, 7) is 3.38. The van der Waals surface area contributed by atoms with E-state index in [1.807, 2.05) is 0 Å². The summed E-state index contributed by atoms with van der Waals surface area (Å²) >= 11 is 5.68. The first kappa shape index (κ1) is 23.8. The van der Waals surface area contributed by atoms with Crippen LogP contribution in [0, 0.1) is 0 Å². The second-order valence-corrected chi connectivity index (χ2v) is 9.77. The molecular weight excluding hydrogens is 456 g/mol. The van der Waals surface area contributed by atoms with E-state index in [0.717, 1.165) is 12.1 Å². The first-order valence-electron chi connectivity index (χ1n) is 9.81. The van der Waals surface area contributed by atoms with Crippen LogP contribution >= 0.6 is 11.6 Å². The van der Waals surface area contributed by atoms with E-state index < -0.39 is 45.3 Å². The number of nitrogens with zero attached hydrogens (tertiary/aromatic N) is 2. The molecule has 2 heterocycles. The Morgan fingerprint density at radius 1 is 1.26 bits per heavy atom. The van der Waals surface area contributed by atoms with Gasteiger partial charge in [-0.1, -0.05) is 23.7 Å². The largest absolute Gasteiger partial charge is 0.378 e. The van der Waals surface area contributed by atoms with Crippen molar-refractivity contribution in [3.63, 3.8) is 0 Å². The Kier molecular flexibility index (Phi) is 7.19. The van der Waals surface area contributed by atoms with Crippen LogP contribution < -0.4 is 4.72 Å². The van der Waals surface area contributed by atoms with Crippen LogP contribution in [0.1, 0.15) is 18.9 Å². The molecule has 2 amide bonds. The average Bonchev–Trinajstić information content (AvgIpc) is 3.06. The summed E-state index contributed by atoms with van der Waals surface area (Å²) in [6.07, 6.45) is 0.0886. The van der Waals surface area contributed by atoms with Crippen LogP contribution in [0.15, 0.2) is 24.3 Å². The standard InChI is InChI=1S/C19H24ClF2N3O5S/c1-13(17(26)24-8-10-30-11-9-24)25-7-6-16(18(25)27)23-31(28,29)12-19(21,22)14-2-4-15(20)5-3-14/h2-5,13,16,23H,6-12H2,1H3/t13-,16?/m0/s1. The number of likely N-dealkylation sites (tertiary alicyclic amines) is 1. The predicted octanol–water partition coefficient (Wildman–Crippen LogP) is 1.20. The lowest BCUT2D eigenvalue weighted by molar-refractivity contribution is -0.146. The third kappa shape index (κ3) is 5.71. The minimum Gasteiger partial charge on any atom is -0.378 e. The molecule has 31 heavy (non-hydrogen) atoms. The number of ether oxygens (including phenoxy) is 1. The molecule has 2 fully saturated rings. The van der Waals surface area contributed by atoms with Gasteiger partial charge in [0.1, 0.15) is 17.8 Å². The topological polar surface area (TPSA) is 96.0 Å². The van der Waals surface area contributed by atoms with Crippen LogP contribution in [-0.2, 0) is 30.3 Å². The molecule has 0 saturated carbocycles. The molecular formula is C19H24ClF2N3O5S. The zero-order valence-corrected chi connectivity index (χ0v) is 18.5. The number of amides is 2. The van der Waals surface area contributed by atoms with Crippen LogP contribution in [-0.4, -0.2) is 80.7 Å². The number of nitrogens with one attached hydrogen (secondary N) is 1. The highest BCUT2D eigenvalue weighted by atomic mass is 35.5. The second-order valence-electron chi connectivity index (χ2n) is 7.57. The number of carbonyl (C=O) groups excluding carboxylic acids is 2. The number of morpholine rings is 1. The molecule has 2 saturated heterocycles. The Morgan fingerprint density at radius 3 is 2.48 bits per heavy atom. The summed E-state index contributed by atoms with van der Waals surface area (Å²) in [5, 5.41) is 0.248. The number of rotatable bonds is 7. The maximum atomic E-state index is 14.5. The fourth-order valence-electron chi connectivity index (χ4n) is 3.65. The van der Waals surface area contributed by atoms with Crippen LogP contribution in [0.2, 0.25) is 5.02 Å². The van der Waals surface area contributed by atoms with Gasteiger partial charge in [-0.05, 0) is 25.5 Å². The summed E-state index contributed by atoms with van der Waals surface area (Å²) in [7, 11) is -4.50. The van der Waals surface area contributed by atoms with Gasteiger partial charge in [-0.2, -0.15) is 0 Å². The monoisotopic (exact) mass is 479 g/mol. The molecule has 8 nitrogen and oxygen atoms in total. The SMILES string of the molecule is C[C@@H](C(=O)N1CCOCC1)N1CCC(NS(=O)(=O)CC(F)(F)c2ccc(Cl)cc2)C1=O. The molecule has 0 aliphatic carbocycles. The van der Waals surface area contributed by atoms with Gasteiger partial charge in [0, 0.05) is 30.2 Å². The molecule has 2 aliphatic rings. The van der Waals surface area contributed by atoms with Crippen LogP contribution in [0.25, 0.3) is 0 Å². The van der Waals surface area contributed by atoms with Crippen LogP contribution in [0.5, 0.6) is 0 Å². The molecule has 0 radical (unpaired) electrons. The van der Waals surface area contributed by atoms with Gasteiger partial charge in [0.05, 0.1) is 13.2 Å². The molecule has 1 unspecified atom stereocenters. The normalized spacial score (nSPS) is 21.4. The zero-order chi connectivity index (χ0) is 22.8. The van der Waals surface area contributed by atoms with E-state index in [-0.39, 0.29) is 23.9 Å². The minimum absolute atomic E-state index is 0.0886. The zero-order valence-electron chi connectivity index (χ0n) is 16.9. The van der Waals surface area contributed by atoms with Gasteiger partial charge in [0.2, 0.25) is 21.8 Å². The van der Waals surface area contributed by atoms with Crippen LogP contribution in [0.4, 0.5) is 8.78 Å². The number of hydrogen-bond donors (Lipinski definition) is 1. The van der Waals surface area contributed by atoms with Crippen molar-refractivity contribution in [3.8, 4) is 0 Å². The number of alkyl halides is 2. The molecule has 2 aliphatic heterocycles. The maximum Gasteiger partial charge on any atom is 0.288 e. The third-order valence-corrected chi connectivity index (χ3v) is 6.99. The van der Waals surface area contributed by atoms with E-state index in [1.54, 1.807) is 11.8 Å². The number of benzene rings is 1. The highest BCUT2D eigenvalue weighted by Crippen LogP contribution is 2.30. The fourth-order valence-corrected chi connectivity index (χ4v) is 5.16. The Hall–Kier alpha value is -1.82. The molecule has 2 atom stereocenters. The number of halogens is 3. The Bertz CT molecular complexity index is 923. The molecule has 0 bridgehead atoms.